The summed E-state index contributed by atoms with van der Waals surface area (Å²) in [6, 6.07) is 15.7. The molecule has 1 N–H and O–H groups in total. The Balaban J connectivity index is 1.76. The Morgan fingerprint density at radius 3 is 2.21 bits per heavy atom. The smallest absolute Gasteiger partial charge is 0.270 e. The van der Waals surface area contributed by atoms with Gasteiger partial charge in [0.2, 0.25) is 5.83 Å². The van der Waals surface area contributed by atoms with Crippen LogP contribution >= 0.6 is 0 Å². The molecule has 1 saturated carbocycles. The van der Waals surface area contributed by atoms with Gasteiger partial charge >= 0.3 is 0 Å². The lowest BCUT2D eigenvalue weighted by Crippen LogP contribution is -2.30. The van der Waals surface area contributed by atoms with Crippen LogP contribution in [0.5, 0.6) is 0 Å². The number of rotatable bonds is 10. The van der Waals surface area contributed by atoms with E-state index in [1.807, 2.05) is 29.2 Å². The summed E-state index contributed by atoms with van der Waals surface area (Å²) in [4.78, 5) is 9.84. The minimum Gasteiger partial charge on any atom is -0.364 e. The van der Waals surface area contributed by atoms with E-state index >= 15 is 4.39 Å². The Labute approximate surface area is 198 Å². The van der Waals surface area contributed by atoms with E-state index in [-0.39, 0.29) is 23.3 Å². The van der Waals surface area contributed by atoms with Crippen molar-refractivity contribution in [2.24, 2.45) is 9.98 Å². The molecule has 0 bridgehead atoms. The standard InChI is InChI=1S/C26H28F3N5/c1-26(28,29)21-10-8-20(9-11-21)17-34(22-12-13-22)25(32-3)23(27)24(31-2)33-16-19-6-4-18(5-7-19)14-15-30/h4-11,22H,3,12-14,16-17H2,1-2H3,(H,31,33)/b25-23-. The first-order valence-electron chi connectivity index (χ1n) is 11.0. The number of benzene rings is 2. The Hall–Kier alpha value is -3.60. The van der Waals surface area contributed by atoms with Gasteiger partial charge in [0, 0.05) is 38.7 Å². The second kappa shape index (κ2) is 11.0. The Morgan fingerprint density at radius 1 is 1.12 bits per heavy atom. The molecule has 34 heavy (non-hydrogen) atoms. The van der Waals surface area contributed by atoms with E-state index in [0.29, 0.717) is 19.5 Å². The summed E-state index contributed by atoms with van der Waals surface area (Å²) in [5, 5.41) is 11.8. The van der Waals surface area contributed by atoms with Gasteiger partial charge in [-0.15, -0.1) is 0 Å². The molecule has 0 spiro atoms. The molecule has 5 nitrogen and oxygen atoms in total. The molecular formula is C26H28F3N5. The van der Waals surface area contributed by atoms with Crippen LogP contribution in [0, 0.1) is 11.3 Å². The van der Waals surface area contributed by atoms with Gasteiger partial charge in [0.15, 0.2) is 11.7 Å². The second-order valence-electron chi connectivity index (χ2n) is 8.32. The summed E-state index contributed by atoms with van der Waals surface area (Å²) < 4.78 is 42.6. The maximum Gasteiger partial charge on any atom is 0.270 e. The number of nitriles is 1. The fourth-order valence-corrected chi connectivity index (χ4v) is 3.56. The molecule has 0 radical (unpaired) electrons. The first-order chi connectivity index (χ1) is 16.3. The number of alkyl halides is 2. The number of nitrogens with one attached hydrogen (secondary N) is 1. The first kappa shape index (κ1) is 25.0. The first-order valence-corrected chi connectivity index (χ1v) is 11.0. The van der Waals surface area contributed by atoms with Crippen molar-refractivity contribution in [2.75, 3.05) is 7.05 Å². The molecule has 0 atom stereocenters. The largest absolute Gasteiger partial charge is 0.364 e. The Bertz CT molecular complexity index is 1090. The molecule has 0 unspecified atom stereocenters. The zero-order chi connectivity index (χ0) is 24.7. The van der Waals surface area contributed by atoms with Gasteiger partial charge < -0.3 is 10.2 Å². The highest BCUT2D eigenvalue weighted by Crippen LogP contribution is 2.34. The average molecular weight is 468 g/mol. The van der Waals surface area contributed by atoms with Crippen LogP contribution in [-0.4, -0.2) is 30.5 Å². The Kier molecular flexibility index (Phi) is 8.11. The van der Waals surface area contributed by atoms with Gasteiger partial charge in [-0.1, -0.05) is 48.5 Å². The molecule has 0 aromatic heterocycles. The minimum atomic E-state index is -2.91. The summed E-state index contributed by atoms with van der Waals surface area (Å²) in [5.74, 6) is -3.41. The summed E-state index contributed by atoms with van der Waals surface area (Å²) in [7, 11) is 1.49. The maximum atomic E-state index is 15.5. The molecule has 1 aliphatic carbocycles. The average Bonchev–Trinajstić information content (AvgIpc) is 3.66. The fourth-order valence-electron chi connectivity index (χ4n) is 3.56. The molecule has 0 heterocycles. The van der Waals surface area contributed by atoms with E-state index < -0.39 is 11.7 Å². The number of aliphatic imine (C=N–C) groups is 2. The maximum absolute atomic E-state index is 15.5. The van der Waals surface area contributed by atoms with Crippen molar-refractivity contribution < 1.29 is 13.2 Å². The van der Waals surface area contributed by atoms with E-state index in [0.717, 1.165) is 36.5 Å². The van der Waals surface area contributed by atoms with E-state index in [1.54, 1.807) is 12.1 Å². The molecule has 0 saturated heterocycles. The third-order valence-corrected chi connectivity index (χ3v) is 5.62. The fraction of sp³-hybridized carbons (Fsp3) is 0.346. The summed E-state index contributed by atoms with van der Waals surface area (Å²) >= 11 is 0. The summed E-state index contributed by atoms with van der Waals surface area (Å²) in [5.41, 5.74) is 2.53. The van der Waals surface area contributed by atoms with Gasteiger partial charge in [0.1, 0.15) is 0 Å². The van der Waals surface area contributed by atoms with Crippen molar-refractivity contribution in [1.29, 1.82) is 5.26 Å². The van der Waals surface area contributed by atoms with Crippen LogP contribution in [0.2, 0.25) is 0 Å². The van der Waals surface area contributed by atoms with Crippen LogP contribution in [0.1, 0.15) is 42.0 Å². The third kappa shape index (κ3) is 6.47. The molecule has 1 aliphatic rings. The van der Waals surface area contributed by atoms with E-state index in [2.05, 4.69) is 28.1 Å². The predicted octanol–water partition coefficient (Wildman–Crippen LogP) is 5.49. The van der Waals surface area contributed by atoms with Gasteiger partial charge in [0.05, 0.1) is 12.5 Å². The molecule has 0 amide bonds. The number of hydrogen-bond donors (Lipinski definition) is 1. The van der Waals surface area contributed by atoms with Crippen LogP contribution in [0.3, 0.4) is 0 Å². The predicted molar refractivity (Wildman–Crippen MR) is 128 cm³/mol. The molecular weight excluding hydrogens is 439 g/mol. The highest BCUT2D eigenvalue weighted by atomic mass is 19.3. The lowest BCUT2D eigenvalue weighted by molar-refractivity contribution is 0.0174. The van der Waals surface area contributed by atoms with Crippen molar-refractivity contribution in [3.8, 4) is 6.07 Å². The van der Waals surface area contributed by atoms with Gasteiger partial charge in [-0.25, -0.2) is 13.8 Å². The van der Waals surface area contributed by atoms with Crippen LogP contribution in [0.15, 0.2) is 70.2 Å². The highest BCUT2D eigenvalue weighted by Gasteiger charge is 2.33. The minimum absolute atomic E-state index is 0.0510. The molecule has 2 aromatic rings. The number of hydrogen-bond acceptors (Lipinski definition) is 4. The molecule has 3 rings (SSSR count). The van der Waals surface area contributed by atoms with Gasteiger partial charge in [-0.05, 0) is 36.2 Å². The molecule has 1 fully saturated rings. The number of halogens is 3. The molecule has 178 valence electrons. The molecule has 2 aromatic carbocycles. The highest BCUT2D eigenvalue weighted by molar-refractivity contribution is 5.96. The SMILES string of the molecule is C=N/C(=C(/F)C(=NC)NCc1ccc(CC#N)cc1)N(Cc1ccc(C(C)(F)F)cc1)C1CC1. The monoisotopic (exact) mass is 467 g/mol. The van der Waals surface area contributed by atoms with Crippen molar-refractivity contribution in [1.82, 2.24) is 10.2 Å². The van der Waals surface area contributed by atoms with E-state index in [1.165, 1.54) is 19.2 Å². The van der Waals surface area contributed by atoms with Gasteiger partial charge in [-0.3, -0.25) is 4.99 Å². The topological polar surface area (TPSA) is 63.8 Å². The second-order valence-corrected chi connectivity index (χ2v) is 8.32. The number of nitrogens with zero attached hydrogens (tertiary/aromatic N) is 4. The van der Waals surface area contributed by atoms with Crippen LogP contribution in [0.25, 0.3) is 0 Å². The van der Waals surface area contributed by atoms with Crippen LogP contribution < -0.4 is 5.32 Å². The normalized spacial score (nSPS) is 14.8. The number of amidine groups is 1. The van der Waals surface area contributed by atoms with Crippen LogP contribution in [-0.2, 0) is 25.4 Å². The van der Waals surface area contributed by atoms with Gasteiger partial charge in [0.25, 0.3) is 5.92 Å². The van der Waals surface area contributed by atoms with E-state index in [9.17, 15) is 8.78 Å². The Morgan fingerprint density at radius 2 is 1.71 bits per heavy atom. The quantitative estimate of drug-likeness (QED) is 0.371. The zero-order valence-corrected chi connectivity index (χ0v) is 19.4. The van der Waals surface area contributed by atoms with Crippen molar-refractivity contribution in [2.45, 2.75) is 51.2 Å². The van der Waals surface area contributed by atoms with Crippen molar-refractivity contribution in [3.63, 3.8) is 0 Å². The molecule has 0 aliphatic heterocycles. The summed E-state index contributed by atoms with van der Waals surface area (Å²) in [6.07, 6.45) is 2.11. The molecule has 8 heteroatoms. The lowest BCUT2D eigenvalue weighted by atomic mass is 10.1. The van der Waals surface area contributed by atoms with Crippen LogP contribution in [0.4, 0.5) is 13.2 Å². The van der Waals surface area contributed by atoms with Crippen molar-refractivity contribution in [3.05, 3.63) is 82.4 Å². The third-order valence-electron chi connectivity index (χ3n) is 5.62. The lowest BCUT2D eigenvalue weighted by Gasteiger charge is -2.26. The van der Waals surface area contributed by atoms with E-state index in [4.69, 9.17) is 5.26 Å². The van der Waals surface area contributed by atoms with Crippen molar-refractivity contribution >= 4 is 12.6 Å². The zero-order valence-electron chi connectivity index (χ0n) is 19.4. The van der Waals surface area contributed by atoms with Gasteiger partial charge in [-0.2, -0.15) is 9.65 Å². The summed E-state index contributed by atoms with van der Waals surface area (Å²) in [6.45, 7) is 5.08.